The van der Waals surface area contributed by atoms with Crippen LogP contribution in [0.4, 0.5) is 11.8 Å². The van der Waals surface area contributed by atoms with E-state index in [-0.39, 0.29) is 25.3 Å². The highest BCUT2D eigenvalue weighted by Crippen LogP contribution is 2.37. The van der Waals surface area contributed by atoms with Crippen molar-refractivity contribution in [3.63, 3.8) is 0 Å². The Morgan fingerprint density at radius 3 is 2.82 bits per heavy atom. The summed E-state index contributed by atoms with van der Waals surface area (Å²) >= 11 is 1.53. The van der Waals surface area contributed by atoms with Gasteiger partial charge in [0.15, 0.2) is 5.82 Å². The molecule has 11 nitrogen and oxygen atoms in total. The van der Waals surface area contributed by atoms with Crippen LogP contribution >= 0.6 is 11.3 Å². The minimum atomic E-state index is -3.31. The maximum Gasteiger partial charge on any atom is 0.229 e. The number of rotatable bonds is 7. The fraction of sp³-hybridized carbons (Fsp3) is 0.350. The van der Waals surface area contributed by atoms with E-state index in [0.717, 1.165) is 15.8 Å². The van der Waals surface area contributed by atoms with Crippen LogP contribution < -0.4 is 5.32 Å². The van der Waals surface area contributed by atoms with Crippen molar-refractivity contribution >= 4 is 43.3 Å². The first-order valence-electron chi connectivity index (χ1n) is 10.2. The van der Waals surface area contributed by atoms with E-state index in [1.54, 1.807) is 24.1 Å². The average Bonchev–Trinajstić information content (AvgIpc) is 3.51. The second kappa shape index (κ2) is 7.91. The number of imidazole rings is 1. The van der Waals surface area contributed by atoms with Gasteiger partial charge in [0.05, 0.1) is 46.7 Å². The first kappa shape index (κ1) is 21.5. The van der Waals surface area contributed by atoms with Gasteiger partial charge in [0.2, 0.25) is 16.0 Å². The third-order valence-corrected chi connectivity index (χ3v) is 8.38. The highest BCUT2D eigenvalue weighted by molar-refractivity contribution is 7.89. The number of fused-ring (bicyclic) bond motifs is 1. The second-order valence-electron chi connectivity index (χ2n) is 7.98. The zero-order chi connectivity index (χ0) is 23.2. The summed E-state index contributed by atoms with van der Waals surface area (Å²) in [5.41, 5.74) is 1.59. The van der Waals surface area contributed by atoms with Crippen LogP contribution in [0, 0.1) is 11.3 Å². The second-order valence-corrected chi connectivity index (χ2v) is 11.2. The Morgan fingerprint density at radius 1 is 1.30 bits per heavy atom. The molecule has 1 fully saturated rings. The third kappa shape index (κ3) is 3.75. The zero-order valence-corrected chi connectivity index (χ0v) is 19.6. The molecule has 0 bridgehead atoms. The molecule has 0 radical (unpaired) electrons. The summed E-state index contributed by atoms with van der Waals surface area (Å²) in [5, 5.41) is 19.0. The van der Waals surface area contributed by atoms with Gasteiger partial charge in [-0.05, 0) is 18.4 Å². The number of hydrogen-bond acceptors (Lipinski definition) is 9. The lowest BCUT2D eigenvalue weighted by atomic mass is 9.89. The van der Waals surface area contributed by atoms with Crippen LogP contribution in [0.2, 0.25) is 0 Å². The molecule has 5 heterocycles. The molecule has 5 rings (SSSR count). The minimum absolute atomic E-state index is 0.0311. The Hall–Kier alpha value is -3.34. The van der Waals surface area contributed by atoms with Crippen molar-refractivity contribution in [3.8, 4) is 17.3 Å². The van der Waals surface area contributed by atoms with E-state index in [1.807, 2.05) is 35.5 Å². The number of hydrogen-bond donors (Lipinski definition) is 1. The summed E-state index contributed by atoms with van der Waals surface area (Å²) in [7, 11) is -1.43. The Kier molecular flexibility index (Phi) is 5.15. The van der Waals surface area contributed by atoms with Crippen molar-refractivity contribution in [1.29, 1.82) is 5.26 Å². The number of aryl methyl sites for hydroxylation is 1. The maximum absolute atomic E-state index is 12.2. The molecule has 0 aliphatic carbocycles. The molecule has 13 heteroatoms. The summed E-state index contributed by atoms with van der Waals surface area (Å²) in [5.74, 6) is 1.08. The average molecular weight is 484 g/mol. The predicted octanol–water partition coefficient (Wildman–Crippen LogP) is 2.31. The molecule has 1 N–H and O–H groups in total. The topological polar surface area (TPSA) is 135 Å². The lowest BCUT2D eigenvalue weighted by molar-refractivity contribution is 0.0719. The van der Waals surface area contributed by atoms with E-state index in [0.29, 0.717) is 17.5 Å². The number of nitrogens with one attached hydrogen (secondary N) is 1. The van der Waals surface area contributed by atoms with Gasteiger partial charge in [-0.2, -0.15) is 14.7 Å². The Morgan fingerprint density at radius 2 is 2.12 bits per heavy atom. The van der Waals surface area contributed by atoms with Crippen molar-refractivity contribution in [2.45, 2.75) is 18.9 Å². The van der Waals surface area contributed by atoms with Gasteiger partial charge in [-0.25, -0.2) is 23.4 Å². The number of thiophene rings is 1. The van der Waals surface area contributed by atoms with Crippen LogP contribution in [0.3, 0.4) is 0 Å². The minimum Gasteiger partial charge on any atom is -0.338 e. The summed E-state index contributed by atoms with van der Waals surface area (Å²) in [6.45, 7) is 2.06. The number of nitrogens with zero attached hydrogens (tertiary/aromatic N) is 8. The summed E-state index contributed by atoms with van der Waals surface area (Å²) in [4.78, 5) is 13.6. The number of nitriles is 1. The maximum atomic E-state index is 12.2. The van der Waals surface area contributed by atoms with Gasteiger partial charge in [0, 0.05) is 38.1 Å². The Bertz CT molecular complexity index is 1470. The van der Waals surface area contributed by atoms with Crippen LogP contribution in [-0.4, -0.2) is 60.9 Å². The molecule has 33 heavy (non-hydrogen) atoms. The normalized spacial score (nSPS) is 15.9. The summed E-state index contributed by atoms with van der Waals surface area (Å²) in [6, 6.07) is 4.11. The highest BCUT2D eigenvalue weighted by atomic mass is 32.2. The van der Waals surface area contributed by atoms with E-state index in [9.17, 15) is 13.7 Å². The number of anilines is 2. The van der Waals surface area contributed by atoms with Crippen molar-refractivity contribution in [3.05, 3.63) is 36.4 Å². The third-order valence-electron chi connectivity index (χ3n) is 5.70. The fourth-order valence-electron chi connectivity index (χ4n) is 3.89. The van der Waals surface area contributed by atoms with Crippen LogP contribution in [0.1, 0.15) is 13.3 Å². The first-order chi connectivity index (χ1) is 15.8. The van der Waals surface area contributed by atoms with Crippen molar-refractivity contribution < 1.29 is 8.42 Å². The van der Waals surface area contributed by atoms with Crippen molar-refractivity contribution in [1.82, 2.24) is 33.6 Å². The van der Waals surface area contributed by atoms with E-state index in [1.165, 1.54) is 15.6 Å². The molecular formula is C20H21N9O2S2. The molecule has 0 spiro atoms. The molecular weight excluding hydrogens is 462 g/mol. The molecule has 4 aromatic heterocycles. The van der Waals surface area contributed by atoms with Gasteiger partial charge in [-0.3, -0.25) is 4.68 Å². The van der Waals surface area contributed by atoms with Gasteiger partial charge in [-0.1, -0.05) is 0 Å². The molecule has 4 aromatic rings. The predicted molar refractivity (Wildman–Crippen MR) is 124 cm³/mol. The van der Waals surface area contributed by atoms with E-state index < -0.39 is 15.6 Å². The van der Waals surface area contributed by atoms with Gasteiger partial charge in [0.1, 0.15) is 5.54 Å². The van der Waals surface area contributed by atoms with E-state index >= 15 is 0 Å². The quantitative estimate of drug-likeness (QED) is 0.423. The van der Waals surface area contributed by atoms with E-state index in [4.69, 9.17) is 4.98 Å². The standard InChI is InChI=1S/C20H21N9O2S2/c1-3-33(30,31)28-11-20(12-28,5-6-21)29-9-14(8-23-29)17-18-15(4-7-32-18)24-19(26-17)25-16-10-27(2)13-22-16/h4,7-10,13H,3,5,11-12H2,1-2H3,(H,24,25,26). The molecule has 0 aromatic carbocycles. The molecule has 0 amide bonds. The molecule has 0 atom stereocenters. The SMILES string of the molecule is CCS(=O)(=O)N1CC(CC#N)(n2cc(-c3nc(Nc4cn(C)cn4)nc4ccsc34)cn2)C1. The van der Waals surface area contributed by atoms with Gasteiger partial charge < -0.3 is 9.88 Å². The lowest BCUT2D eigenvalue weighted by Crippen LogP contribution is -2.64. The van der Waals surface area contributed by atoms with Crippen LogP contribution in [0.5, 0.6) is 0 Å². The molecule has 170 valence electrons. The molecule has 1 aliphatic rings. The fourth-order valence-corrected chi connectivity index (χ4v) is 5.97. The van der Waals surface area contributed by atoms with Crippen LogP contribution in [0.25, 0.3) is 21.5 Å². The summed E-state index contributed by atoms with van der Waals surface area (Å²) < 4.78 is 30.3. The number of aromatic nitrogens is 6. The number of sulfonamides is 1. The van der Waals surface area contributed by atoms with Gasteiger partial charge in [-0.15, -0.1) is 11.3 Å². The molecule has 1 saturated heterocycles. The lowest BCUT2D eigenvalue weighted by Gasteiger charge is -2.47. The van der Waals surface area contributed by atoms with Crippen LogP contribution in [0.15, 0.2) is 36.4 Å². The Balaban J connectivity index is 1.50. The van der Waals surface area contributed by atoms with E-state index in [2.05, 4.69) is 26.5 Å². The monoisotopic (exact) mass is 483 g/mol. The van der Waals surface area contributed by atoms with Crippen LogP contribution in [-0.2, 0) is 22.6 Å². The van der Waals surface area contributed by atoms with Gasteiger partial charge in [0.25, 0.3) is 0 Å². The smallest absolute Gasteiger partial charge is 0.229 e. The van der Waals surface area contributed by atoms with Gasteiger partial charge >= 0.3 is 0 Å². The molecule has 0 unspecified atom stereocenters. The zero-order valence-electron chi connectivity index (χ0n) is 18.0. The molecule has 0 saturated carbocycles. The summed E-state index contributed by atoms with van der Waals surface area (Å²) in [6.07, 6.45) is 7.21. The largest absolute Gasteiger partial charge is 0.338 e. The molecule has 1 aliphatic heterocycles. The Labute approximate surface area is 194 Å². The highest BCUT2D eigenvalue weighted by Gasteiger charge is 2.49. The van der Waals surface area contributed by atoms with Crippen molar-refractivity contribution in [2.75, 3.05) is 24.2 Å². The van der Waals surface area contributed by atoms with Crippen molar-refractivity contribution in [2.24, 2.45) is 7.05 Å². The first-order valence-corrected chi connectivity index (χ1v) is 12.7.